The van der Waals surface area contributed by atoms with Crippen LogP contribution >= 0.6 is 0 Å². The zero-order valence-electron chi connectivity index (χ0n) is 15.9. The Balaban J connectivity index is 1.52. The van der Waals surface area contributed by atoms with Gasteiger partial charge < -0.3 is 5.32 Å². The van der Waals surface area contributed by atoms with Crippen molar-refractivity contribution in [1.29, 1.82) is 0 Å². The van der Waals surface area contributed by atoms with Gasteiger partial charge in [-0.25, -0.2) is 0 Å². The largest absolute Gasteiger partial charge is 0.348 e. The standard InChI is InChI=1S/C23H27N3O/c1-2-3-4-6-11-20-14-21(16-24-15-20)23(27)25-22-12-13-26(18-22)17-19-9-7-5-8-10-19/h5,7-10,14-16,22H,2-4,12-13,17-18H2,1H3,(H,25,27). The van der Waals surface area contributed by atoms with E-state index in [1.165, 1.54) is 5.56 Å². The highest BCUT2D eigenvalue weighted by Gasteiger charge is 2.24. The highest BCUT2D eigenvalue weighted by atomic mass is 16.1. The molecular weight excluding hydrogens is 334 g/mol. The molecule has 2 heterocycles. The number of pyridine rings is 1. The normalized spacial score (nSPS) is 16.6. The molecule has 3 rings (SSSR count). The van der Waals surface area contributed by atoms with Gasteiger partial charge in [0, 0.05) is 50.1 Å². The monoisotopic (exact) mass is 361 g/mol. The van der Waals surface area contributed by atoms with E-state index < -0.39 is 0 Å². The molecule has 4 nitrogen and oxygen atoms in total. The van der Waals surface area contributed by atoms with Crippen LogP contribution in [0.1, 0.15) is 54.1 Å². The van der Waals surface area contributed by atoms with E-state index in [-0.39, 0.29) is 11.9 Å². The number of carbonyl (C=O) groups excluding carboxylic acids is 1. The van der Waals surface area contributed by atoms with Crippen molar-refractivity contribution < 1.29 is 4.79 Å². The average molecular weight is 361 g/mol. The fourth-order valence-corrected chi connectivity index (χ4v) is 3.27. The Bertz CT molecular complexity index is 807. The van der Waals surface area contributed by atoms with Crippen LogP contribution in [0.4, 0.5) is 0 Å². The van der Waals surface area contributed by atoms with E-state index in [1.54, 1.807) is 12.4 Å². The van der Waals surface area contributed by atoms with Crippen LogP contribution in [0.15, 0.2) is 48.8 Å². The van der Waals surface area contributed by atoms with E-state index in [9.17, 15) is 4.79 Å². The number of hydrogen-bond acceptors (Lipinski definition) is 3. The van der Waals surface area contributed by atoms with Gasteiger partial charge in [-0.15, -0.1) is 0 Å². The van der Waals surface area contributed by atoms with Crippen molar-refractivity contribution in [3.63, 3.8) is 0 Å². The molecule has 0 saturated carbocycles. The number of benzene rings is 1. The van der Waals surface area contributed by atoms with Crippen molar-refractivity contribution in [3.05, 3.63) is 65.5 Å². The van der Waals surface area contributed by atoms with Crippen molar-refractivity contribution >= 4 is 5.91 Å². The van der Waals surface area contributed by atoms with Crippen molar-refractivity contribution in [2.75, 3.05) is 13.1 Å². The minimum Gasteiger partial charge on any atom is -0.348 e. The summed E-state index contributed by atoms with van der Waals surface area (Å²) in [7, 11) is 0. The van der Waals surface area contributed by atoms with Crippen LogP contribution < -0.4 is 5.32 Å². The van der Waals surface area contributed by atoms with Crippen LogP contribution in [0, 0.1) is 11.8 Å². The summed E-state index contributed by atoms with van der Waals surface area (Å²) in [5.74, 6) is 6.18. The van der Waals surface area contributed by atoms with E-state index >= 15 is 0 Å². The number of rotatable bonds is 6. The minimum atomic E-state index is -0.0636. The highest BCUT2D eigenvalue weighted by Crippen LogP contribution is 2.14. The summed E-state index contributed by atoms with van der Waals surface area (Å²) >= 11 is 0. The lowest BCUT2D eigenvalue weighted by Gasteiger charge is -2.16. The molecular formula is C23H27N3O. The molecule has 1 unspecified atom stereocenters. The summed E-state index contributed by atoms with van der Waals surface area (Å²) < 4.78 is 0. The molecule has 1 fully saturated rings. The molecule has 1 aromatic carbocycles. The average Bonchev–Trinajstić information content (AvgIpc) is 3.13. The Morgan fingerprint density at radius 2 is 2.15 bits per heavy atom. The minimum absolute atomic E-state index is 0.0636. The van der Waals surface area contributed by atoms with E-state index in [1.807, 2.05) is 12.1 Å². The van der Waals surface area contributed by atoms with Crippen LogP contribution in [0.25, 0.3) is 0 Å². The Kier molecular flexibility index (Phi) is 7.01. The SMILES string of the molecule is CCCCC#Cc1cncc(C(=O)NC2CCN(Cc3ccccc3)C2)c1. The fourth-order valence-electron chi connectivity index (χ4n) is 3.27. The van der Waals surface area contributed by atoms with Crippen LogP contribution in [0.3, 0.4) is 0 Å². The third-order valence-corrected chi connectivity index (χ3v) is 4.75. The first kappa shape index (κ1) is 19.1. The quantitative estimate of drug-likeness (QED) is 0.631. The Hall–Kier alpha value is -2.64. The Labute approximate surface area is 162 Å². The lowest BCUT2D eigenvalue weighted by atomic mass is 10.1. The number of unbranched alkanes of at least 4 members (excludes halogenated alkanes) is 2. The van der Waals surface area contributed by atoms with E-state index in [0.717, 1.165) is 50.9 Å². The smallest absolute Gasteiger partial charge is 0.253 e. The zero-order chi connectivity index (χ0) is 18.9. The molecule has 0 spiro atoms. The van der Waals surface area contributed by atoms with Crippen molar-refractivity contribution in [2.45, 2.75) is 45.2 Å². The van der Waals surface area contributed by atoms with Gasteiger partial charge in [-0.1, -0.05) is 55.5 Å². The molecule has 1 aliphatic rings. The van der Waals surface area contributed by atoms with E-state index in [2.05, 4.69) is 58.2 Å². The maximum absolute atomic E-state index is 12.6. The topological polar surface area (TPSA) is 45.2 Å². The Morgan fingerprint density at radius 1 is 1.30 bits per heavy atom. The molecule has 1 aromatic heterocycles. The molecule has 0 aliphatic carbocycles. The molecule has 0 radical (unpaired) electrons. The molecule has 4 heteroatoms. The number of likely N-dealkylation sites (tertiary alicyclic amines) is 1. The van der Waals surface area contributed by atoms with E-state index in [4.69, 9.17) is 0 Å². The molecule has 27 heavy (non-hydrogen) atoms. The van der Waals surface area contributed by atoms with Gasteiger partial charge >= 0.3 is 0 Å². The number of nitrogens with one attached hydrogen (secondary N) is 1. The number of amides is 1. The second kappa shape index (κ2) is 9.89. The molecule has 1 amide bonds. The lowest BCUT2D eigenvalue weighted by molar-refractivity contribution is 0.0937. The van der Waals surface area contributed by atoms with Crippen LogP contribution in [0.5, 0.6) is 0 Å². The van der Waals surface area contributed by atoms with E-state index in [0.29, 0.717) is 5.56 Å². The predicted octanol–water partition coefficient (Wildman–Crippen LogP) is 3.63. The number of aromatic nitrogens is 1. The van der Waals surface area contributed by atoms with Gasteiger partial charge in [0.25, 0.3) is 5.91 Å². The van der Waals surface area contributed by atoms with Crippen molar-refractivity contribution in [1.82, 2.24) is 15.2 Å². The fraction of sp³-hybridized carbons (Fsp3) is 0.391. The lowest BCUT2D eigenvalue weighted by Crippen LogP contribution is -2.37. The van der Waals surface area contributed by atoms with Gasteiger partial charge in [-0.3, -0.25) is 14.7 Å². The predicted molar refractivity (Wildman–Crippen MR) is 108 cm³/mol. The second-order valence-corrected chi connectivity index (χ2v) is 7.05. The molecule has 1 saturated heterocycles. The van der Waals surface area contributed by atoms with Crippen LogP contribution in [-0.2, 0) is 6.54 Å². The molecule has 1 aliphatic heterocycles. The third-order valence-electron chi connectivity index (χ3n) is 4.75. The second-order valence-electron chi connectivity index (χ2n) is 7.05. The maximum atomic E-state index is 12.6. The molecule has 140 valence electrons. The Morgan fingerprint density at radius 3 is 2.96 bits per heavy atom. The highest BCUT2D eigenvalue weighted by molar-refractivity contribution is 5.94. The van der Waals surface area contributed by atoms with Gasteiger partial charge in [0.1, 0.15) is 0 Å². The van der Waals surface area contributed by atoms with Gasteiger partial charge in [0.05, 0.1) is 5.56 Å². The summed E-state index contributed by atoms with van der Waals surface area (Å²) in [4.78, 5) is 19.1. The summed E-state index contributed by atoms with van der Waals surface area (Å²) in [5.41, 5.74) is 2.69. The number of hydrogen-bond donors (Lipinski definition) is 1. The third kappa shape index (κ3) is 5.94. The number of nitrogens with zero attached hydrogens (tertiary/aromatic N) is 2. The van der Waals surface area contributed by atoms with Gasteiger partial charge in [-0.2, -0.15) is 0 Å². The summed E-state index contributed by atoms with van der Waals surface area (Å²) in [6.45, 7) is 4.96. The molecule has 1 N–H and O–H groups in total. The summed E-state index contributed by atoms with van der Waals surface area (Å²) in [6, 6.07) is 12.5. The van der Waals surface area contributed by atoms with Crippen molar-refractivity contribution in [2.24, 2.45) is 0 Å². The molecule has 0 bridgehead atoms. The first-order chi connectivity index (χ1) is 13.2. The maximum Gasteiger partial charge on any atom is 0.253 e. The van der Waals surface area contributed by atoms with Gasteiger partial charge in [0.15, 0.2) is 0 Å². The van der Waals surface area contributed by atoms with Crippen LogP contribution in [0.2, 0.25) is 0 Å². The summed E-state index contributed by atoms with van der Waals surface area (Å²) in [5, 5.41) is 3.15. The van der Waals surface area contributed by atoms with Crippen molar-refractivity contribution in [3.8, 4) is 11.8 Å². The first-order valence-electron chi connectivity index (χ1n) is 9.75. The molecule has 2 aromatic rings. The zero-order valence-corrected chi connectivity index (χ0v) is 15.9. The number of carbonyl (C=O) groups is 1. The van der Waals surface area contributed by atoms with Gasteiger partial charge in [-0.05, 0) is 24.5 Å². The van der Waals surface area contributed by atoms with Crippen LogP contribution in [-0.4, -0.2) is 34.9 Å². The first-order valence-corrected chi connectivity index (χ1v) is 9.75. The van der Waals surface area contributed by atoms with Gasteiger partial charge in [0.2, 0.25) is 0 Å². The molecule has 1 atom stereocenters. The summed E-state index contributed by atoms with van der Waals surface area (Å²) in [6.07, 6.45) is 7.42.